The first-order chi connectivity index (χ1) is 11.2. The van der Waals surface area contributed by atoms with Crippen LogP contribution >= 0.6 is 0 Å². The van der Waals surface area contributed by atoms with Crippen LogP contribution in [0.2, 0.25) is 0 Å². The first kappa shape index (κ1) is 17.0. The molecule has 0 radical (unpaired) electrons. The highest BCUT2D eigenvalue weighted by Crippen LogP contribution is 2.28. The Kier molecular flexibility index (Phi) is 6.18. The van der Waals surface area contributed by atoms with E-state index in [2.05, 4.69) is 0 Å². The standard InChI is InChI=1S/C19H22O4/c1-21-17-10-9-14(12-19(17)23-3)11-16(20)13-18(22-2)15-7-5-4-6-8-15/h4-10,12,18H,11,13H2,1-3H3. The van der Waals surface area contributed by atoms with Crippen LogP contribution in [0.4, 0.5) is 0 Å². The molecule has 23 heavy (non-hydrogen) atoms. The number of ketones is 1. The Morgan fingerprint density at radius 1 is 0.957 bits per heavy atom. The molecule has 0 fully saturated rings. The molecule has 0 aliphatic heterocycles. The molecule has 0 bridgehead atoms. The van der Waals surface area contributed by atoms with Crippen LogP contribution in [-0.2, 0) is 16.0 Å². The maximum atomic E-state index is 12.4. The van der Waals surface area contributed by atoms with Crippen LogP contribution in [0.1, 0.15) is 23.7 Å². The third kappa shape index (κ3) is 4.57. The van der Waals surface area contributed by atoms with Gasteiger partial charge in [0.2, 0.25) is 0 Å². The van der Waals surface area contributed by atoms with Gasteiger partial charge in [0, 0.05) is 20.0 Å². The minimum absolute atomic E-state index is 0.118. The van der Waals surface area contributed by atoms with Gasteiger partial charge >= 0.3 is 0 Å². The van der Waals surface area contributed by atoms with Crippen LogP contribution in [-0.4, -0.2) is 27.1 Å². The second-order valence-electron chi connectivity index (χ2n) is 5.24. The SMILES string of the molecule is COc1ccc(CC(=O)CC(OC)c2ccccc2)cc1OC. The zero-order chi connectivity index (χ0) is 16.7. The molecule has 0 aliphatic carbocycles. The number of benzene rings is 2. The molecule has 122 valence electrons. The number of Topliss-reactive ketones (excluding diaryl/α,β-unsaturated/α-hetero) is 1. The minimum Gasteiger partial charge on any atom is -0.493 e. The molecule has 0 aliphatic rings. The van der Waals surface area contributed by atoms with Crippen molar-refractivity contribution in [3.05, 3.63) is 59.7 Å². The van der Waals surface area contributed by atoms with Crippen molar-refractivity contribution in [1.82, 2.24) is 0 Å². The molecule has 4 heteroatoms. The minimum atomic E-state index is -0.219. The lowest BCUT2D eigenvalue weighted by molar-refractivity contribution is -0.120. The van der Waals surface area contributed by atoms with E-state index in [0.29, 0.717) is 24.3 Å². The van der Waals surface area contributed by atoms with Gasteiger partial charge in [-0.1, -0.05) is 36.4 Å². The van der Waals surface area contributed by atoms with Crippen molar-refractivity contribution >= 4 is 5.78 Å². The van der Waals surface area contributed by atoms with Gasteiger partial charge < -0.3 is 14.2 Å². The Labute approximate surface area is 137 Å². The fraction of sp³-hybridized carbons (Fsp3) is 0.316. The normalized spacial score (nSPS) is 11.8. The van der Waals surface area contributed by atoms with Gasteiger partial charge in [0.25, 0.3) is 0 Å². The van der Waals surface area contributed by atoms with Crippen molar-refractivity contribution in [2.45, 2.75) is 18.9 Å². The highest BCUT2D eigenvalue weighted by atomic mass is 16.5. The summed E-state index contributed by atoms with van der Waals surface area (Å²) in [4.78, 5) is 12.4. The molecular formula is C19H22O4. The van der Waals surface area contributed by atoms with E-state index in [0.717, 1.165) is 11.1 Å². The van der Waals surface area contributed by atoms with Gasteiger partial charge in [0.15, 0.2) is 11.5 Å². The van der Waals surface area contributed by atoms with Gasteiger partial charge in [-0.25, -0.2) is 0 Å². The second kappa shape index (κ2) is 8.34. The first-order valence-corrected chi connectivity index (χ1v) is 7.48. The van der Waals surface area contributed by atoms with Gasteiger partial charge in [-0.3, -0.25) is 4.79 Å². The quantitative estimate of drug-likeness (QED) is 0.747. The van der Waals surface area contributed by atoms with Gasteiger partial charge in [0.05, 0.1) is 20.3 Å². The molecule has 2 aromatic rings. The molecule has 0 saturated heterocycles. The number of carbonyl (C=O) groups excluding carboxylic acids is 1. The number of hydrogen-bond acceptors (Lipinski definition) is 4. The molecule has 0 aromatic heterocycles. The Morgan fingerprint density at radius 3 is 2.26 bits per heavy atom. The fourth-order valence-electron chi connectivity index (χ4n) is 2.50. The predicted octanol–water partition coefficient (Wildman–Crippen LogP) is 3.59. The summed E-state index contributed by atoms with van der Waals surface area (Å²) in [7, 11) is 4.80. The van der Waals surface area contributed by atoms with Crippen molar-refractivity contribution in [3.8, 4) is 11.5 Å². The molecule has 0 saturated carbocycles. The van der Waals surface area contributed by atoms with Crippen molar-refractivity contribution in [3.63, 3.8) is 0 Å². The molecule has 0 heterocycles. The van der Waals surface area contributed by atoms with E-state index in [1.807, 2.05) is 48.5 Å². The summed E-state index contributed by atoms with van der Waals surface area (Å²) >= 11 is 0. The molecule has 0 amide bonds. The first-order valence-electron chi connectivity index (χ1n) is 7.48. The smallest absolute Gasteiger partial charge is 0.161 e. The van der Waals surface area contributed by atoms with Crippen LogP contribution < -0.4 is 9.47 Å². The number of ether oxygens (including phenoxy) is 3. The van der Waals surface area contributed by atoms with E-state index < -0.39 is 0 Å². The van der Waals surface area contributed by atoms with Gasteiger partial charge in [-0.05, 0) is 23.3 Å². The highest BCUT2D eigenvalue weighted by molar-refractivity contribution is 5.81. The van der Waals surface area contributed by atoms with Gasteiger partial charge in [-0.15, -0.1) is 0 Å². The van der Waals surface area contributed by atoms with E-state index in [1.165, 1.54) is 0 Å². The van der Waals surface area contributed by atoms with E-state index in [1.54, 1.807) is 21.3 Å². The maximum Gasteiger partial charge on any atom is 0.161 e. The third-order valence-electron chi connectivity index (χ3n) is 3.72. The monoisotopic (exact) mass is 314 g/mol. The lowest BCUT2D eigenvalue weighted by atomic mass is 10.00. The fourth-order valence-corrected chi connectivity index (χ4v) is 2.50. The molecule has 2 aromatic carbocycles. The summed E-state index contributed by atoms with van der Waals surface area (Å²) in [5.41, 5.74) is 1.91. The van der Waals surface area contributed by atoms with Crippen molar-refractivity contribution < 1.29 is 19.0 Å². The van der Waals surface area contributed by atoms with E-state index in [4.69, 9.17) is 14.2 Å². The zero-order valence-corrected chi connectivity index (χ0v) is 13.7. The Morgan fingerprint density at radius 2 is 1.65 bits per heavy atom. The lowest BCUT2D eigenvalue weighted by Gasteiger charge is -2.15. The number of carbonyl (C=O) groups is 1. The van der Waals surface area contributed by atoms with Crippen molar-refractivity contribution in [2.75, 3.05) is 21.3 Å². The summed E-state index contributed by atoms with van der Waals surface area (Å²) in [5, 5.41) is 0. The molecule has 4 nitrogen and oxygen atoms in total. The van der Waals surface area contributed by atoms with Gasteiger partial charge in [-0.2, -0.15) is 0 Å². The summed E-state index contributed by atoms with van der Waals surface area (Å²) < 4.78 is 15.9. The van der Waals surface area contributed by atoms with Crippen molar-refractivity contribution in [1.29, 1.82) is 0 Å². The van der Waals surface area contributed by atoms with Crippen LogP contribution in [0, 0.1) is 0 Å². The maximum absolute atomic E-state index is 12.4. The highest BCUT2D eigenvalue weighted by Gasteiger charge is 2.16. The molecule has 0 spiro atoms. The average molecular weight is 314 g/mol. The lowest BCUT2D eigenvalue weighted by Crippen LogP contribution is -2.11. The average Bonchev–Trinajstić information content (AvgIpc) is 2.60. The number of hydrogen-bond donors (Lipinski definition) is 0. The van der Waals surface area contributed by atoms with Crippen LogP contribution in [0.3, 0.4) is 0 Å². The second-order valence-corrected chi connectivity index (χ2v) is 5.24. The molecule has 2 rings (SSSR count). The van der Waals surface area contributed by atoms with Crippen LogP contribution in [0.15, 0.2) is 48.5 Å². The predicted molar refractivity (Wildman–Crippen MR) is 89.1 cm³/mol. The molecular weight excluding hydrogens is 292 g/mol. The number of rotatable bonds is 8. The summed E-state index contributed by atoms with van der Waals surface area (Å²) in [6.07, 6.45) is 0.464. The topological polar surface area (TPSA) is 44.8 Å². The zero-order valence-electron chi connectivity index (χ0n) is 13.7. The Hall–Kier alpha value is -2.33. The van der Waals surface area contributed by atoms with E-state index in [9.17, 15) is 4.79 Å². The Bertz CT molecular complexity index is 637. The van der Waals surface area contributed by atoms with Gasteiger partial charge in [0.1, 0.15) is 5.78 Å². The van der Waals surface area contributed by atoms with Crippen molar-refractivity contribution in [2.24, 2.45) is 0 Å². The largest absolute Gasteiger partial charge is 0.493 e. The summed E-state index contributed by atoms with van der Waals surface area (Å²) in [6.45, 7) is 0. The Balaban J connectivity index is 2.04. The van der Waals surface area contributed by atoms with Crippen LogP contribution in [0.5, 0.6) is 11.5 Å². The summed E-state index contributed by atoms with van der Waals surface area (Å²) in [5.74, 6) is 1.40. The third-order valence-corrected chi connectivity index (χ3v) is 3.72. The molecule has 1 unspecified atom stereocenters. The number of methoxy groups -OCH3 is 3. The molecule has 0 N–H and O–H groups in total. The summed E-state index contributed by atoms with van der Waals surface area (Å²) in [6, 6.07) is 15.3. The molecule has 1 atom stereocenters. The van der Waals surface area contributed by atoms with E-state index >= 15 is 0 Å². The van der Waals surface area contributed by atoms with Crippen LogP contribution in [0.25, 0.3) is 0 Å². The van der Waals surface area contributed by atoms with E-state index in [-0.39, 0.29) is 11.9 Å².